The van der Waals surface area contributed by atoms with Gasteiger partial charge in [0.1, 0.15) is 23.0 Å². The first kappa shape index (κ1) is 24.7. The molecule has 0 aliphatic carbocycles. The zero-order valence-corrected chi connectivity index (χ0v) is 20.0. The molecule has 9 nitrogen and oxygen atoms in total. The van der Waals surface area contributed by atoms with Gasteiger partial charge in [0.2, 0.25) is 0 Å². The van der Waals surface area contributed by atoms with E-state index in [0.29, 0.717) is 28.7 Å². The Kier molecular flexibility index (Phi) is 7.85. The van der Waals surface area contributed by atoms with Crippen LogP contribution in [0, 0.1) is 0 Å². The molecular formula is C24H26N2O7S. The van der Waals surface area contributed by atoms with E-state index >= 15 is 0 Å². The van der Waals surface area contributed by atoms with E-state index in [-0.39, 0.29) is 16.5 Å². The van der Waals surface area contributed by atoms with Crippen molar-refractivity contribution >= 4 is 27.3 Å². The Morgan fingerprint density at radius 3 is 1.97 bits per heavy atom. The van der Waals surface area contributed by atoms with Crippen molar-refractivity contribution in [2.45, 2.75) is 17.9 Å². The van der Waals surface area contributed by atoms with Crippen LogP contribution in [0.25, 0.3) is 0 Å². The fraction of sp³-hybridized carbons (Fsp3) is 0.208. The van der Waals surface area contributed by atoms with Gasteiger partial charge in [0.15, 0.2) is 6.10 Å². The number of hydrogen-bond acceptors (Lipinski definition) is 7. The smallest absolute Gasteiger partial charge is 0.265 e. The molecule has 2 N–H and O–H groups in total. The SMILES string of the molecule is COc1ccc(O[C@H](C)C(=O)Nc2ccc(S(=O)(=O)Nc3ccc(OC)cc3OC)cc2)cc1. The van der Waals surface area contributed by atoms with Gasteiger partial charge in [-0.1, -0.05) is 0 Å². The molecule has 1 atom stereocenters. The lowest BCUT2D eigenvalue weighted by Crippen LogP contribution is -2.30. The third-order valence-electron chi connectivity index (χ3n) is 4.83. The maximum atomic E-state index is 12.8. The van der Waals surface area contributed by atoms with Crippen molar-refractivity contribution in [2.24, 2.45) is 0 Å². The highest BCUT2D eigenvalue weighted by Gasteiger charge is 2.19. The van der Waals surface area contributed by atoms with Gasteiger partial charge in [0, 0.05) is 11.8 Å². The molecular weight excluding hydrogens is 460 g/mol. The Morgan fingerprint density at radius 1 is 0.794 bits per heavy atom. The van der Waals surface area contributed by atoms with E-state index in [1.807, 2.05) is 0 Å². The van der Waals surface area contributed by atoms with Crippen molar-refractivity contribution in [1.29, 1.82) is 0 Å². The number of ether oxygens (including phenoxy) is 4. The highest BCUT2D eigenvalue weighted by Crippen LogP contribution is 2.31. The van der Waals surface area contributed by atoms with E-state index in [1.165, 1.54) is 38.5 Å². The Hall–Kier alpha value is -3.92. The normalized spacial score (nSPS) is 11.8. The quantitative estimate of drug-likeness (QED) is 0.447. The van der Waals surface area contributed by atoms with Gasteiger partial charge in [0.25, 0.3) is 15.9 Å². The fourth-order valence-corrected chi connectivity index (χ4v) is 4.03. The Balaban J connectivity index is 1.65. The third-order valence-corrected chi connectivity index (χ3v) is 6.21. The monoisotopic (exact) mass is 486 g/mol. The van der Waals surface area contributed by atoms with E-state index in [4.69, 9.17) is 18.9 Å². The average Bonchev–Trinajstić information content (AvgIpc) is 2.84. The lowest BCUT2D eigenvalue weighted by atomic mass is 10.3. The number of rotatable bonds is 10. The van der Waals surface area contributed by atoms with Crippen LogP contribution in [0.15, 0.2) is 71.6 Å². The molecule has 0 radical (unpaired) electrons. The Bertz CT molecular complexity index is 1230. The minimum Gasteiger partial charge on any atom is -0.497 e. The third kappa shape index (κ3) is 6.10. The van der Waals surface area contributed by atoms with Crippen molar-refractivity contribution in [2.75, 3.05) is 31.4 Å². The summed E-state index contributed by atoms with van der Waals surface area (Å²) in [6.45, 7) is 1.62. The minimum atomic E-state index is -3.89. The summed E-state index contributed by atoms with van der Waals surface area (Å²) in [5.41, 5.74) is 0.696. The summed E-state index contributed by atoms with van der Waals surface area (Å²) >= 11 is 0. The second kappa shape index (κ2) is 10.8. The van der Waals surface area contributed by atoms with Gasteiger partial charge in [-0.15, -0.1) is 0 Å². The van der Waals surface area contributed by atoms with Gasteiger partial charge < -0.3 is 24.3 Å². The molecule has 1 amide bonds. The zero-order valence-electron chi connectivity index (χ0n) is 19.2. The number of benzene rings is 3. The van der Waals surface area contributed by atoms with Crippen LogP contribution in [0.5, 0.6) is 23.0 Å². The molecule has 10 heteroatoms. The Morgan fingerprint density at radius 2 is 1.38 bits per heavy atom. The van der Waals surface area contributed by atoms with Crippen LogP contribution >= 0.6 is 0 Å². The van der Waals surface area contributed by atoms with Crippen LogP contribution in [0.4, 0.5) is 11.4 Å². The van der Waals surface area contributed by atoms with Gasteiger partial charge in [-0.2, -0.15) is 0 Å². The summed E-state index contributed by atoms with van der Waals surface area (Å²) in [6.07, 6.45) is -0.777. The summed E-state index contributed by atoms with van der Waals surface area (Å²) in [5.74, 6) is 1.67. The molecule has 0 spiro atoms. The number of sulfonamides is 1. The minimum absolute atomic E-state index is 0.0194. The summed E-state index contributed by atoms with van der Waals surface area (Å²) in [5, 5.41) is 2.71. The van der Waals surface area contributed by atoms with Gasteiger partial charge >= 0.3 is 0 Å². The molecule has 3 aromatic rings. The predicted molar refractivity (Wildman–Crippen MR) is 129 cm³/mol. The first-order valence-corrected chi connectivity index (χ1v) is 11.7. The number of amides is 1. The van der Waals surface area contributed by atoms with Gasteiger partial charge in [0.05, 0.1) is 31.9 Å². The zero-order chi connectivity index (χ0) is 24.7. The molecule has 0 unspecified atom stereocenters. The number of carbonyl (C=O) groups excluding carboxylic acids is 1. The number of methoxy groups -OCH3 is 3. The number of anilines is 2. The molecule has 0 bridgehead atoms. The van der Waals surface area contributed by atoms with Crippen molar-refractivity contribution < 1.29 is 32.2 Å². The number of hydrogen-bond donors (Lipinski definition) is 2. The van der Waals surface area contributed by atoms with E-state index in [0.717, 1.165) is 0 Å². The van der Waals surface area contributed by atoms with Crippen molar-refractivity contribution in [3.05, 3.63) is 66.7 Å². The van der Waals surface area contributed by atoms with Gasteiger partial charge in [-0.05, 0) is 67.6 Å². The van der Waals surface area contributed by atoms with Crippen LogP contribution in [0.1, 0.15) is 6.92 Å². The molecule has 0 heterocycles. The molecule has 34 heavy (non-hydrogen) atoms. The number of nitrogens with one attached hydrogen (secondary N) is 2. The lowest BCUT2D eigenvalue weighted by molar-refractivity contribution is -0.122. The standard InChI is InChI=1S/C24H26N2O7S/c1-16(33-19-9-7-18(30-2)8-10-19)24(27)25-17-5-12-21(13-6-17)34(28,29)26-22-14-11-20(31-3)15-23(22)32-4/h5-16,26H,1-4H3,(H,25,27)/t16-/m1/s1. The fourth-order valence-electron chi connectivity index (χ4n) is 2.96. The van der Waals surface area contributed by atoms with Crippen LogP contribution in [0.2, 0.25) is 0 Å². The van der Waals surface area contributed by atoms with Gasteiger partial charge in [-0.3, -0.25) is 9.52 Å². The Labute approximate surface area is 198 Å². The maximum Gasteiger partial charge on any atom is 0.265 e. The second-order valence-electron chi connectivity index (χ2n) is 7.12. The molecule has 0 aliphatic rings. The summed E-state index contributed by atoms with van der Waals surface area (Å²) in [4.78, 5) is 12.5. The molecule has 0 saturated carbocycles. The van der Waals surface area contributed by atoms with Crippen molar-refractivity contribution in [3.8, 4) is 23.0 Å². The molecule has 180 valence electrons. The largest absolute Gasteiger partial charge is 0.497 e. The summed E-state index contributed by atoms with van der Waals surface area (Å²) in [6, 6.07) is 17.4. The van der Waals surface area contributed by atoms with E-state index < -0.39 is 16.1 Å². The first-order chi connectivity index (χ1) is 16.2. The van der Waals surface area contributed by atoms with E-state index in [2.05, 4.69) is 10.0 Å². The van der Waals surface area contributed by atoms with Crippen molar-refractivity contribution in [3.63, 3.8) is 0 Å². The van der Waals surface area contributed by atoms with Crippen LogP contribution in [-0.4, -0.2) is 41.8 Å². The van der Waals surface area contributed by atoms with Crippen LogP contribution in [-0.2, 0) is 14.8 Å². The van der Waals surface area contributed by atoms with E-state index in [1.54, 1.807) is 56.5 Å². The summed E-state index contributed by atoms with van der Waals surface area (Å²) < 4.78 is 49.2. The molecule has 0 saturated heterocycles. The van der Waals surface area contributed by atoms with Crippen LogP contribution < -0.4 is 29.0 Å². The molecule has 0 aliphatic heterocycles. The second-order valence-corrected chi connectivity index (χ2v) is 8.80. The van der Waals surface area contributed by atoms with Crippen molar-refractivity contribution in [1.82, 2.24) is 0 Å². The van der Waals surface area contributed by atoms with E-state index in [9.17, 15) is 13.2 Å². The summed E-state index contributed by atoms with van der Waals surface area (Å²) in [7, 11) is 0.611. The maximum absolute atomic E-state index is 12.8. The lowest BCUT2D eigenvalue weighted by Gasteiger charge is -2.15. The number of carbonyl (C=O) groups is 1. The van der Waals surface area contributed by atoms with Crippen LogP contribution in [0.3, 0.4) is 0 Å². The topological polar surface area (TPSA) is 112 Å². The van der Waals surface area contributed by atoms with Gasteiger partial charge in [-0.25, -0.2) is 8.42 Å². The highest BCUT2D eigenvalue weighted by atomic mass is 32.2. The molecule has 0 aromatic heterocycles. The predicted octanol–water partition coefficient (Wildman–Crippen LogP) is 3.92. The molecule has 3 aromatic carbocycles. The molecule has 3 rings (SSSR count). The average molecular weight is 487 g/mol. The highest BCUT2D eigenvalue weighted by molar-refractivity contribution is 7.92. The molecule has 0 fully saturated rings. The first-order valence-electron chi connectivity index (χ1n) is 10.2.